The molecule has 0 atom stereocenters. The Hall–Kier alpha value is -1.30. The molecule has 0 aliphatic rings. The molecule has 0 aliphatic carbocycles. The van der Waals surface area contributed by atoms with Crippen molar-refractivity contribution in [2.75, 3.05) is 0 Å². The second-order valence-electron chi connectivity index (χ2n) is 6.10. The summed E-state index contributed by atoms with van der Waals surface area (Å²) in [6.07, 6.45) is 23.6. The second kappa shape index (κ2) is 16.1. The first kappa shape index (κ1) is 20.7. The molecule has 0 bridgehead atoms. The number of allylic oxidation sites excluding steroid dienone is 6. The molecule has 0 heterocycles. The van der Waals surface area contributed by atoms with Gasteiger partial charge in [0.15, 0.2) is 0 Å². The predicted octanol–water partition coefficient (Wildman–Crippen LogP) is 7.71. The third-order valence-corrected chi connectivity index (χ3v) is 3.98. The fourth-order valence-electron chi connectivity index (χ4n) is 2.38. The van der Waals surface area contributed by atoms with E-state index in [0.717, 1.165) is 12.8 Å². The van der Waals surface area contributed by atoms with Gasteiger partial charge >= 0.3 is 0 Å². The van der Waals surface area contributed by atoms with Crippen molar-refractivity contribution in [1.29, 1.82) is 0 Å². The van der Waals surface area contributed by atoms with Crippen molar-refractivity contribution in [3.05, 3.63) is 61.8 Å². The zero-order valence-electron chi connectivity index (χ0n) is 14.6. The standard InChI is InChI=1S/C22H36/c1-5-21(3)19-17-15-13-11-9-7-8-10-12-14-16-18-20-22(4)6-2/h5-8H,1-4,9-20H2. The van der Waals surface area contributed by atoms with Crippen molar-refractivity contribution in [2.45, 2.75) is 77.0 Å². The maximum absolute atomic E-state index is 3.94. The molecule has 0 saturated heterocycles. The minimum atomic E-state index is 1.11. The van der Waals surface area contributed by atoms with E-state index < -0.39 is 0 Å². The van der Waals surface area contributed by atoms with Gasteiger partial charge in [0, 0.05) is 0 Å². The van der Waals surface area contributed by atoms with Crippen LogP contribution in [0.3, 0.4) is 0 Å². The summed E-state index contributed by atoms with van der Waals surface area (Å²) in [5.74, 6) is 0. The van der Waals surface area contributed by atoms with Gasteiger partial charge in [0.2, 0.25) is 0 Å². The van der Waals surface area contributed by atoms with E-state index in [4.69, 9.17) is 0 Å². The second-order valence-corrected chi connectivity index (χ2v) is 6.10. The van der Waals surface area contributed by atoms with Crippen LogP contribution in [-0.4, -0.2) is 0 Å². The Morgan fingerprint density at radius 3 is 1.27 bits per heavy atom. The first-order valence-electron chi connectivity index (χ1n) is 8.96. The zero-order valence-corrected chi connectivity index (χ0v) is 14.6. The quantitative estimate of drug-likeness (QED) is 0.155. The monoisotopic (exact) mass is 300 g/mol. The highest BCUT2D eigenvalue weighted by Gasteiger charge is 1.92. The largest absolute Gasteiger partial charge is 0.0988 e. The molecular weight excluding hydrogens is 264 g/mol. The van der Waals surface area contributed by atoms with Crippen molar-refractivity contribution in [1.82, 2.24) is 0 Å². The molecule has 0 unspecified atom stereocenters. The Labute approximate surface area is 139 Å². The lowest BCUT2D eigenvalue weighted by molar-refractivity contribution is 0.640. The van der Waals surface area contributed by atoms with Gasteiger partial charge in [-0.05, 0) is 51.4 Å². The molecule has 0 rings (SSSR count). The van der Waals surface area contributed by atoms with Crippen molar-refractivity contribution < 1.29 is 0 Å². The van der Waals surface area contributed by atoms with Gasteiger partial charge in [-0.15, -0.1) is 0 Å². The average molecular weight is 301 g/mol. The number of hydrogen-bond donors (Lipinski definition) is 0. The van der Waals surface area contributed by atoms with Gasteiger partial charge in [-0.1, -0.05) is 87.4 Å². The summed E-state index contributed by atoms with van der Waals surface area (Å²) < 4.78 is 0. The molecule has 0 saturated carbocycles. The van der Waals surface area contributed by atoms with E-state index in [0.29, 0.717) is 0 Å². The third-order valence-electron chi connectivity index (χ3n) is 3.98. The van der Waals surface area contributed by atoms with E-state index in [9.17, 15) is 0 Å². The summed E-state index contributed by atoms with van der Waals surface area (Å²) in [4.78, 5) is 0. The molecule has 0 amide bonds. The molecule has 0 aliphatic heterocycles. The molecule has 0 nitrogen and oxygen atoms in total. The van der Waals surface area contributed by atoms with E-state index in [1.165, 1.54) is 75.4 Å². The minimum absolute atomic E-state index is 1.11. The summed E-state index contributed by atoms with van der Waals surface area (Å²) >= 11 is 0. The Morgan fingerprint density at radius 1 is 0.545 bits per heavy atom. The average Bonchev–Trinajstić information content (AvgIpc) is 2.54. The smallest absolute Gasteiger partial charge is 0.0285 e. The molecule has 0 aromatic carbocycles. The van der Waals surface area contributed by atoms with E-state index >= 15 is 0 Å². The summed E-state index contributed by atoms with van der Waals surface area (Å²) in [6.45, 7) is 15.4. The molecule has 0 radical (unpaired) electrons. The van der Waals surface area contributed by atoms with Crippen LogP contribution in [0.1, 0.15) is 77.0 Å². The minimum Gasteiger partial charge on any atom is -0.0988 e. The van der Waals surface area contributed by atoms with Crippen LogP contribution >= 0.6 is 0 Å². The van der Waals surface area contributed by atoms with Crippen LogP contribution in [0.15, 0.2) is 61.8 Å². The summed E-state index contributed by atoms with van der Waals surface area (Å²) in [7, 11) is 0. The first-order chi connectivity index (χ1) is 10.7. The van der Waals surface area contributed by atoms with Gasteiger partial charge in [-0.25, -0.2) is 0 Å². The van der Waals surface area contributed by atoms with Crippen LogP contribution in [0.2, 0.25) is 0 Å². The Bertz CT molecular complexity index is 309. The lowest BCUT2D eigenvalue weighted by Crippen LogP contribution is -1.81. The van der Waals surface area contributed by atoms with Gasteiger partial charge in [0.25, 0.3) is 0 Å². The SMILES string of the molecule is C=CC(=C)CCCCCCC=CCCCCCCC(=C)C=C. The van der Waals surface area contributed by atoms with E-state index in [1.807, 2.05) is 12.2 Å². The molecule has 0 aromatic rings. The molecule has 0 heteroatoms. The van der Waals surface area contributed by atoms with Crippen molar-refractivity contribution in [3.8, 4) is 0 Å². The Balaban J connectivity index is 3.21. The lowest BCUT2D eigenvalue weighted by Gasteiger charge is -2.01. The number of rotatable bonds is 16. The fraction of sp³-hybridized carbons (Fsp3) is 0.545. The van der Waals surface area contributed by atoms with E-state index in [1.54, 1.807) is 0 Å². The van der Waals surface area contributed by atoms with Crippen LogP contribution < -0.4 is 0 Å². The Kier molecular flexibility index (Phi) is 15.1. The molecule has 0 N–H and O–H groups in total. The molecule has 22 heavy (non-hydrogen) atoms. The summed E-state index contributed by atoms with van der Waals surface area (Å²) in [5, 5.41) is 0. The van der Waals surface area contributed by atoms with Crippen molar-refractivity contribution in [3.63, 3.8) is 0 Å². The highest BCUT2D eigenvalue weighted by molar-refractivity contribution is 5.10. The lowest BCUT2D eigenvalue weighted by atomic mass is 10.1. The predicted molar refractivity (Wildman–Crippen MR) is 103 cm³/mol. The maximum Gasteiger partial charge on any atom is -0.0285 e. The highest BCUT2D eigenvalue weighted by Crippen LogP contribution is 2.12. The third kappa shape index (κ3) is 15.1. The fourth-order valence-corrected chi connectivity index (χ4v) is 2.38. The van der Waals surface area contributed by atoms with Gasteiger partial charge in [0.05, 0.1) is 0 Å². The van der Waals surface area contributed by atoms with Gasteiger partial charge in [0.1, 0.15) is 0 Å². The van der Waals surface area contributed by atoms with Crippen LogP contribution in [0.5, 0.6) is 0 Å². The molecule has 0 spiro atoms. The van der Waals surface area contributed by atoms with Gasteiger partial charge in [-0.3, -0.25) is 0 Å². The van der Waals surface area contributed by atoms with Crippen LogP contribution in [-0.2, 0) is 0 Å². The molecule has 0 fully saturated rings. The van der Waals surface area contributed by atoms with Crippen LogP contribution in [0, 0.1) is 0 Å². The van der Waals surface area contributed by atoms with Crippen molar-refractivity contribution >= 4 is 0 Å². The van der Waals surface area contributed by atoms with E-state index in [-0.39, 0.29) is 0 Å². The zero-order chi connectivity index (χ0) is 16.5. The maximum atomic E-state index is 3.94. The highest BCUT2D eigenvalue weighted by atomic mass is 14.0. The first-order valence-corrected chi connectivity index (χ1v) is 8.96. The molecule has 0 aromatic heterocycles. The number of hydrogen-bond acceptors (Lipinski definition) is 0. The molecule has 124 valence electrons. The van der Waals surface area contributed by atoms with Crippen LogP contribution in [0.4, 0.5) is 0 Å². The summed E-state index contributed by atoms with van der Waals surface area (Å²) in [5.41, 5.74) is 2.35. The topological polar surface area (TPSA) is 0 Å². The normalized spacial score (nSPS) is 10.7. The van der Waals surface area contributed by atoms with Gasteiger partial charge < -0.3 is 0 Å². The molecular formula is C22H36. The van der Waals surface area contributed by atoms with E-state index in [2.05, 4.69) is 38.5 Å². The number of unbranched alkanes of at least 4 members (excludes halogenated alkanes) is 8. The Morgan fingerprint density at radius 2 is 0.909 bits per heavy atom. The van der Waals surface area contributed by atoms with Gasteiger partial charge in [-0.2, -0.15) is 0 Å². The van der Waals surface area contributed by atoms with Crippen molar-refractivity contribution in [2.24, 2.45) is 0 Å². The van der Waals surface area contributed by atoms with Crippen LogP contribution in [0.25, 0.3) is 0 Å². The summed E-state index contributed by atoms with van der Waals surface area (Å²) in [6, 6.07) is 0.